The van der Waals surface area contributed by atoms with Crippen LogP contribution in [0.15, 0.2) is 15.5 Å². The van der Waals surface area contributed by atoms with E-state index in [1.54, 1.807) is 0 Å². The van der Waals surface area contributed by atoms with Crippen LogP contribution in [0.25, 0.3) is 0 Å². The molecule has 0 spiro atoms. The number of anilines is 1. The summed E-state index contributed by atoms with van der Waals surface area (Å²) in [4.78, 5) is 15.3. The Hall–Kier alpha value is -0.380. The third-order valence-electron chi connectivity index (χ3n) is 2.68. The molecular weight excluding hydrogens is 365 g/mol. The minimum Gasteiger partial charge on any atom is -0.394 e. The second kappa shape index (κ2) is 6.38. The molecule has 0 aliphatic carbocycles. The molecule has 1 saturated heterocycles. The second-order valence-corrected chi connectivity index (χ2v) is 5.20. The molecule has 0 unspecified atom stereocenters. The van der Waals surface area contributed by atoms with Gasteiger partial charge in [-0.3, -0.25) is 4.57 Å². The van der Waals surface area contributed by atoms with E-state index >= 15 is 0 Å². The predicted molar refractivity (Wildman–Crippen MR) is 74.5 cm³/mol. The zero-order valence-corrected chi connectivity index (χ0v) is 12.6. The van der Waals surface area contributed by atoms with Gasteiger partial charge in [0.25, 0.3) is 0 Å². The highest BCUT2D eigenvalue weighted by Crippen LogP contribution is 2.33. The number of nitrogens with two attached hydrogens (primary N) is 1. The van der Waals surface area contributed by atoms with Crippen molar-refractivity contribution in [1.29, 1.82) is 0 Å². The summed E-state index contributed by atoms with van der Waals surface area (Å²) in [7, 11) is 0. The number of aliphatic hydroxyl groups is 2. The number of hydrogen-bond acceptors (Lipinski definition) is 6. The number of ether oxygens (including phenoxy) is 1. The molecule has 0 saturated carbocycles. The highest BCUT2D eigenvalue weighted by atomic mass is 79.9. The number of alkyl halides is 1. The van der Waals surface area contributed by atoms with Crippen LogP contribution < -0.4 is 11.4 Å². The first-order valence-electron chi connectivity index (χ1n) is 5.08. The number of aliphatic hydroxyl groups excluding tert-OH is 2. The van der Waals surface area contributed by atoms with Gasteiger partial charge in [-0.05, 0) is 15.9 Å². The zero-order valence-electron chi connectivity index (χ0n) is 9.44. The maximum atomic E-state index is 11.7. The summed E-state index contributed by atoms with van der Waals surface area (Å²) >= 11 is 9.12. The fourth-order valence-corrected chi connectivity index (χ4v) is 2.37. The molecule has 1 fully saturated rings. The zero-order chi connectivity index (χ0) is 13.4. The van der Waals surface area contributed by atoms with Crippen LogP contribution in [-0.2, 0) is 4.74 Å². The molecule has 0 radical (unpaired) electrons. The van der Waals surface area contributed by atoms with E-state index in [-0.39, 0.29) is 24.8 Å². The Kier molecular flexibility index (Phi) is 5.60. The van der Waals surface area contributed by atoms with Crippen molar-refractivity contribution < 1.29 is 14.9 Å². The number of rotatable bonds is 2. The normalized spacial score (nSPS) is 30.1. The van der Waals surface area contributed by atoms with Gasteiger partial charge in [0.2, 0.25) is 0 Å². The Bertz CT molecular complexity index is 515. The van der Waals surface area contributed by atoms with E-state index in [2.05, 4.69) is 20.9 Å². The molecule has 1 aliphatic rings. The van der Waals surface area contributed by atoms with Gasteiger partial charge in [0, 0.05) is 6.20 Å². The van der Waals surface area contributed by atoms with Gasteiger partial charge in [0.1, 0.15) is 23.4 Å². The van der Waals surface area contributed by atoms with Crippen LogP contribution in [-0.4, -0.2) is 44.0 Å². The molecule has 108 valence electrons. The second-order valence-electron chi connectivity index (χ2n) is 3.85. The molecule has 2 heterocycles. The first-order chi connectivity index (χ1) is 8.45. The molecule has 1 aliphatic heterocycles. The van der Waals surface area contributed by atoms with E-state index < -0.39 is 29.5 Å². The molecule has 0 bridgehead atoms. The molecule has 10 heteroatoms. The molecule has 19 heavy (non-hydrogen) atoms. The summed E-state index contributed by atoms with van der Waals surface area (Å²) in [5.74, 6) is 0.0552. The molecule has 0 amide bonds. The SMILES string of the molecule is Cl.Nc1nc(=O)n([C@@H]2O[C@H](CO)[C@@H](O)[C@@H]2Cl)cc1Br. The minimum absolute atomic E-state index is 0. The molecule has 1 aromatic rings. The van der Waals surface area contributed by atoms with E-state index in [0.717, 1.165) is 4.57 Å². The lowest BCUT2D eigenvalue weighted by atomic mass is 10.2. The Balaban J connectivity index is 0.00000180. The topological polar surface area (TPSA) is 111 Å². The van der Waals surface area contributed by atoms with Gasteiger partial charge in [-0.2, -0.15) is 4.98 Å². The van der Waals surface area contributed by atoms with Crippen LogP contribution in [0.4, 0.5) is 5.82 Å². The Morgan fingerprint density at radius 3 is 2.79 bits per heavy atom. The van der Waals surface area contributed by atoms with Crippen molar-refractivity contribution in [3.8, 4) is 0 Å². The predicted octanol–water partition coefficient (Wildman–Crippen LogP) is -0.132. The number of halogens is 3. The maximum absolute atomic E-state index is 11.7. The number of nitrogens with zero attached hydrogens (tertiary/aromatic N) is 2. The third kappa shape index (κ3) is 3.04. The average molecular weight is 377 g/mol. The van der Waals surface area contributed by atoms with Gasteiger partial charge in [-0.1, -0.05) is 0 Å². The summed E-state index contributed by atoms with van der Waals surface area (Å²) < 4.78 is 6.86. The minimum atomic E-state index is -1.06. The van der Waals surface area contributed by atoms with Gasteiger partial charge >= 0.3 is 5.69 Å². The van der Waals surface area contributed by atoms with Crippen LogP contribution in [0.3, 0.4) is 0 Å². The average Bonchev–Trinajstić information content (AvgIpc) is 2.61. The third-order valence-corrected chi connectivity index (χ3v) is 3.77. The van der Waals surface area contributed by atoms with Crippen molar-refractivity contribution in [2.45, 2.75) is 23.8 Å². The van der Waals surface area contributed by atoms with E-state index in [1.165, 1.54) is 6.20 Å². The lowest BCUT2D eigenvalue weighted by molar-refractivity contribution is -0.0457. The quantitative estimate of drug-likeness (QED) is 0.620. The fraction of sp³-hybridized carbons (Fsp3) is 0.556. The van der Waals surface area contributed by atoms with Gasteiger partial charge in [-0.15, -0.1) is 24.0 Å². The molecule has 4 atom stereocenters. The van der Waals surface area contributed by atoms with Gasteiger partial charge in [0.15, 0.2) is 6.23 Å². The Morgan fingerprint density at radius 1 is 1.63 bits per heavy atom. The largest absolute Gasteiger partial charge is 0.394 e. The van der Waals surface area contributed by atoms with Crippen molar-refractivity contribution in [3.63, 3.8) is 0 Å². The molecule has 0 aromatic carbocycles. The van der Waals surface area contributed by atoms with Gasteiger partial charge in [-0.25, -0.2) is 4.79 Å². The first kappa shape index (κ1) is 16.7. The highest BCUT2D eigenvalue weighted by molar-refractivity contribution is 9.10. The van der Waals surface area contributed by atoms with Crippen LogP contribution in [0.5, 0.6) is 0 Å². The Labute approximate surface area is 127 Å². The number of nitrogen functional groups attached to an aromatic ring is 1. The first-order valence-corrected chi connectivity index (χ1v) is 6.31. The molecule has 2 rings (SSSR count). The summed E-state index contributed by atoms with van der Waals surface area (Å²) in [6.45, 7) is -0.390. The van der Waals surface area contributed by atoms with Crippen LogP contribution in [0.2, 0.25) is 0 Å². The van der Waals surface area contributed by atoms with Crippen molar-refractivity contribution >= 4 is 45.8 Å². The van der Waals surface area contributed by atoms with Crippen LogP contribution in [0.1, 0.15) is 6.23 Å². The van der Waals surface area contributed by atoms with E-state index in [4.69, 9.17) is 27.2 Å². The summed E-state index contributed by atoms with van der Waals surface area (Å²) in [6.07, 6.45) is -1.42. The standard InChI is InChI=1S/C9H11BrClN3O4.ClH/c10-3-1-14(9(17)13-7(3)12)8-5(11)6(16)4(2-15)18-8;/h1,4-6,8,15-16H,2H2,(H2,12,13,17);1H/t4-,5+,6-,8-;/m1./s1. The van der Waals surface area contributed by atoms with E-state index in [9.17, 15) is 9.90 Å². The molecule has 4 N–H and O–H groups in total. The van der Waals surface area contributed by atoms with Gasteiger partial charge in [0.05, 0.1) is 11.1 Å². The smallest absolute Gasteiger partial charge is 0.351 e. The van der Waals surface area contributed by atoms with Gasteiger partial charge < -0.3 is 20.7 Å². The fourth-order valence-electron chi connectivity index (χ4n) is 1.72. The number of aromatic nitrogens is 2. The number of hydrogen-bond donors (Lipinski definition) is 3. The summed E-state index contributed by atoms with van der Waals surface area (Å²) in [5, 5.41) is 17.9. The Morgan fingerprint density at radius 2 is 2.26 bits per heavy atom. The monoisotopic (exact) mass is 375 g/mol. The maximum Gasteiger partial charge on any atom is 0.351 e. The summed E-state index contributed by atoms with van der Waals surface area (Å²) in [5.41, 5.74) is 4.83. The van der Waals surface area contributed by atoms with Crippen LogP contribution in [0, 0.1) is 0 Å². The highest BCUT2D eigenvalue weighted by Gasteiger charge is 2.43. The van der Waals surface area contributed by atoms with Crippen molar-refractivity contribution in [2.24, 2.45) is 0 Å². The van der Waals surface area contributed by atoms with Crippen molar-refractivity contribution in [2.75, 3.05) is 12.3 Å². The lowest BCUT2D eigenvalue weighted by Crippen LogP contribution is -2.33. The van der Waals surface area contributed by atoms with E-state index in [0.29, 0.717) is 4.47 Å². The van der Waals surface area contributed by atoms with Crippen molar-refractivity contribution in [1.82, 2.24) is 9.55 Å². The molecule has 7 nitrogen and oxygen atoms in total. The van der Waals surface area contributed by atoms with Crippen molar-refractivity contribution in [3.05, 3.63) is 21.2 Å². The molecular formula is C9H12BrCl2N3O4. The van der Waals surface area contributed by atoms with E-state index in [1.807, 2.05) is 0 Å². The lowest BCUT2D eigenvalue weighted by Gasteiger charge is -2.17. The summed E-state index contributed by atoms with van der Waals surface area (Å²) in [6, 6.07) is 0. The van der Waals surface area contributed by atoms with Crippen LogP contribution >= 0.6 is 39.9 Å². The molecule has 1 aromatic heterocycles.